The number of aryl methyl sites for hydroxylation is 1. The van der Waals surface area contributed by atoms with Crippen LogP contribution in [0.2, 0.25) is 0 Å². The fourth-order valence-corrected chi connectivity index (χ4v) is 4.81. The Morgan fingerprint density at radius 1 is 1.07 bits per heavy atom. The van der Waals surface area contributed by atoms with E-state index in [9.17, 15) is 0 Å². The molecule has 0 saturated carbocycles. The van der Waals surface area contributed by atoms with E-state index in [2.05, 4.69) is 39.2 Å². The second kappa shape index (κ2) is 8.68. The van der Waals surface area contributed by atoms with Crippen molar-refractivity contribution in [2.75, 3.05) is 42.9 Å². The lowest BCUT2D eigenvalue weighted by Crippen LogP contribution is -2.34. The number of hydrogen-bond acceptors (Lipinski definition) is 6. The molecule has 160 valence electrons. The molecule has 2 aliphatic heterocycles. The summed E-state index contributed by atoms with van der Waals surface area (Å²) in [5, 5.41) is 4.73. The molecule has 5 heterocycles. The average Bonchev–Trinajstić information content (AvgIpc) is 3.48. The molecule has 2 N–H and O–H groups in total. The van der Waals surface area contributed by atoms with Gasteiger partial charge in [0.05, 0.1) is 17.7 Å². The number of nitrogens with one attached hydrogen (secondary N) is 2. The number of fused-ring (bicyclic) bond motifs is 1. The zero-order valence-corrected chi connectivity index (χ0v) is 17.9. The van der Waals surface area contributed by atoms with Gasteiger partial charge in [0.25, 0.3) is 0 Å². The number of hydrogen-bond donors (Lipinski definition) is 2. The number of H-pyrrole nitrogens is 1. The molecule has 7 nitrogen and oxygen atoms in total. The third-order valence-electron chi connectivity index (χ3n) is 6.42. The van der Waals surface area contributed by atoms with Crippen LogP contribution in [-0.2, 0) is 0 Å². The monoisotopic (exact) mass is 408 g/mol. The van der Waals surface area contributed by atoms with E-state index in [4.69, 9.17) is 14.4 Å². The van der Waals surface area contributed by atoms with E-state index >= 15 is 0 Å². The van der Waals surface area contributed by atoms with Gasteiger partial charge in [0.1, 0.15) is 17.2 Å². The molecule has 0 aliphatic carbocycles. The van der Waals surface area contributed by atoms with Crippen molar-refractivity contribution in [1.82, 2.24) is 19.9 Å². The van der Waals surface area contributed by atoms with Crippen molar-refractivity contribution >= 4 is 22.8 Å². The fourth-order valence-electron chi connectivity index (χ4n) is 4.81. The summed E-state index contributed by atoms with van der Waals surface area (Å²) >= 11 is 0. The molecule has 0 amide bonds. The number of aromatic amines is 1. The van der Waals surface area contributed by atoms with Gasteiger partial charge in [0, 0.05) is 25.3 Å². The number of aromatic nitrogens is 3. The summed E-state index contributed by atoms with van der Waals surface area (Å²) in [4.78, 5) is 18.0. The van der Waals surface area contributed by atoms with Crippen LogP contribution in [0.5, 0.6) is 0 Å². The maximum absolute atomic E-state index is 5.85. The van der Waals surface area contributed by atoms with Gasteiger partial charge < -0.3 is 19.6 Å². The van der Waals surface area contributed by atoms with Gasteiger partial charge in [0.15, 0.2) is 0 Å². The van der Waals surface area contributed by atoms with Gasteiger partial charge in [-0.2, -0.15) is 9.97 Å². The van der Waals surface area contributed by atoms with Crippen molar-refractivity contribution in [1.29, 1.82) is 0 Å². The minimum atomic E-state index is 0.207. The Bertz CT molecular complexity index is 952. The van der Waals surface area contributed by atoms with Crippen LogP contribution >= 0.6 is 0 Å². The SMILES string of the molecule is Cc1cc2c(NCC(c3ccco3)N3CCCCCC3)nc(N3CCCC3)nc2[nH]1. The van der Waals surface area contributed by atoms with E-state index in [1.54, 1.807) is 6.26 Å². The van der Waals surface area contributed by atoms with Crippen molar-refractivity contribution in [3.63, 3.8) is 0 Å². The lowest BCUT2D eigenvalue weighted by Gasteiger charge is -2.29. The van der Waals surface area contributed by atoms with E-state index in [0.717, 1.165) is 67.0 Å². The second-order valence-electron chi connectivity index (χ2n) is 8.64. The van der Waals surface area contributed by atoms with Crippen LogP contribution in [0.15, 0.2) is 28.9 Å². The van der Waals surface area contributed by atoms with Crippen LogP contribution in [0, 0.1) is 6.92 Å². The summed E-state index contributed by atoms with van der Waals surface area (Å²) < 4.78 is 5.85. The maximum Gasteiger partial charge on any atom is 0.229 e. The van der Waals surface area contributed by atoms with Crippen molar-refractivity contribution in [3.8, 4) is 0 Å². The Balaban J connectivity index is 1.43. The molecule has 0 aromatic carbocycles. The standard InChI is InChI=1S/C23H32N6O/c1-17-15-18-21(26-23(27-22(18)25-17)29-12-6-7-13-29)24-16-19(20-9-8-14-30-20)28-10-4-2-3-5-11-28/h8-9,14-15,19H,2-7,10-13,16H2,1H3,(H2,24,25,26,27). The Morgan fingerprint density at radius 2 is 1.83 bits per heavy atom. The van der Waals surface area contributed by atoms with Crippen LogP contribution in [-0.4, -0.2) is 52.6 Å². The third-order valence-corrected chi connectivity index (χ3v) is 6.42. The molecule has 2 fully saturated rings. The molecule has 2 aliphatic rings. The van der Waals surface area contributed by atoms with E-state index in [1.807, 2.05) is 6.07 Å². The summed E-state index contributed by atoms with van der Waals surface area (Å²) in [7, 11) is 0. The van der Waals surface area contributed by atoms with Crippen LogP contribution < -0.4 is 10.2 Å². The lowest BCUT2D eigenvalue weighted by atomic mass is 10.1. The zero-order valence-electron chi connectivity index (χ0n) is 17.9. The number of anilines is 2. The molecule has 3 aromatic heterocycles. The highest BCUT2D eigenvalue weighted by molar-refractivity contribution is 5.89. The van der Waals surface area contributed by atoms with Crippen LogP contribution in [0.25, 0.3) is 11.0 Å². The molecule has 1 atom stereocenters. The van der Waals surface area contributed by atoms with E-state index < -0.39 is 0 Å². The molecule has 7 heteroatoms. The first-order valence-electron chi connectivity index (χ1n) is 11.4. The van der Waals surface area contributed by atoms with Gasteiger partial charge in [-0.3, -0.25) is 4.90 Å². The number of rotatable bonds is 6. The molecule has 2 saturated heterocycles. The molecule has 0 radical (unpaired) electrons. The number of likely N-dealkylation sites (tertiary alicyclic amines) is 1. The molecule has 0 spiro atoms. The third kappa shape index (κ3) is 4.03. The predicted molar refractivity (Wildman–Crippen MR) is 120 cm³/mol. The first-order valence-corrected chi connectivity index (χ1v) is 11.4. The molecule has 0 bridgehead atoms. The van der Waals surface area contributed by atoms with Gasteiger partial charge in [0.2, 0.25) is 5.95 Å². The van der Waals surface area contributed by atoms with Crippen molar-refractivity contribution in [2.45, 2.75) is 51.5 Å². The number of nitrogens with zero attached hydrogens (tertiary/aromatic N) is 4. The Kier molecular flexibility index (Phi) is 5.62. The van der Waals surface area contributed by atoms with Crippen molar-refractivity contribution < 1.29 is 4.42 Å². The highest BCUT2D eigenvalue weighted by Crippen LogP contribution is 2.29. The Labute approximate surface area is 177 Å². The van der Waals surface area contributed by atoms with Crippen molar-refractivity contribution in [2.24, 2.45) is 0 Å². The molecular weight excluding hydrogens is 376 g/mol. The Morgan fingerprint density at radius 3 is 2.57 bits per heavy atom. The molecule has 30 heavy (non-hydrogen) atoms. The van der Waals surface area contributed by atoms with Gasteiger partial charge in [-0.1, -0.05) is 12.8 Å². The summed E-state index contributed by atoms with van der Waals surface area (Å²) in [6.45, 7) is 7.15. The maximum atomic E-state index is 5.85. The van der Waals surface area contributed by atoms with E-state index in [0.29, 0.717) is 0 Å². The van der Waals surface area contributed by atoms with Gasteiger partial charge in [-0.25, -0.2) is 0 Å². The highest BCUT2D eigenvalue weighted by atomic mass is 16.3. The van der Waals surface area contributed by atoms with Crippen LogP contribution in [0.4, 0.5) is 11.8 Å². The largest absolute Gasteiger partial charge is 0.468 e. The normalized spacial score (nSPS) is 19.3. The van der Waals surface area contributed by atoms with Gasteiger partial charge in [-0.15, -0.1) is 0 Å². The topological polar surface area (TPSA) is 73.2 Å². The minimum absolute atomic E-state index is 0.207. The minimum Gasteiger partial charge on any atom is -0.468 e. The van der Waals surface area contributed by atoms with Crippen molar-refractivity contribution in [3.05, 3.63) is 35.9 Å². The highest BCUT2D eigenvalue weighted by Gasteiger charge is 2.25. The second-order valence-corrected chi connectivity index (χ2v) is 8.64. The predicted octanol–water partition coefficient (Wildman–Crippen LogP) is 4.49. The smallest absolute Gasteiger partial charge is 0.229 e. The van der Waals surface area contributed by atoms with E-state index in [-0.39, 0.29) is 6.04 Å². The number of furan rings is 1. The lowest BCUT2D eigenvalue weighted by molar-refractivity contribution is 0.189. The van der Waals surface area contributed by atoms with Crippen LogP contribution in [0.3, 0.4) is 0 Å². The molecular formula is C23H32N6O. The quantitative estimate of drug-likeness (QED) is 0.626. The Hall–Kier alpha value is -2.54. The summed E-state index contributed by atoms with van der Waals surface area (Å²) in [5.41, 5.74) is 2.02. The van der Waals surface area contributed by atoms with E-state index in [1.165, 1.54) is 38.5 Å². The molecule has 1 unspecified atom stereocenters. The zero-order chi connectivity index (χ0) is 20.3. The summed E-state index contributed by atoms with van der Waals surface area (Å²) in [6.07, 6.45) is 9.36. The first kappa shape index (κ1) is 19.4. The van der Waals surface area contributed by atoms with Crippen LogP contribution in [0.1, 0.15) is 56.0 Å². The summed E-state index contributed by atoms with van der Waals surface area (Å²) in [6, 6.07) is 6.44. The summed E-state index contributed by atoms with van der Waals surface area (Å²) in [5.74, 6) is 2.77. The molecule has 5 rings (SSSR count). The fraction of sp³-hybridized carbons (Fsp3) is 0.565. The molecule has 3 aromatic rings. The van der Waals surface area contributed by atoms with Gasteiger partial charge >= 0.3 is 0 Å². The first-order chi connectivity index (χ1) is 14.8. The van der Waals surface area contributed by atoms with Gasteiger partial charge in [-0.05, 0) is 63.9 Å². The average molecular weight is 409 g/mol.